The molecular weight excluding hydrogens is 697 g/mol. The zero-order valence-electron chi connectivity index (χ0n) is 42.4. The molecule has 0 spiro atoms. The Labute approximate surface area is 369 Å². The minimum atomic E-state index is 0.322. The minimum Gasteiger partial charge on any atom is -0.0667 e. The van der Waals surface area contributed by atoms with Gasteiger partial charge in [-0.15, -0.1) is 0 Å². The van der Waals surface area contributed by atoms with Crippen LogP contribution in [0.2, 0.25) is 0 Å². The highest BCUT2D eigenvalue weighted by Crippen LogP contribution is 2.67. The largest absolute Gasteiger partial charge is 0.0667 e. The molecule has 2 unspecified atom stereocenters. The van der Waals surface area contributed by atoms with Crippen LogP contribution in [0.25, 0.3) is 0 Å². The summed E-state index contributed by atoms with van der Waals surface area (Å²) in [5.41, 5.74) is 9.13. The van der Waals surface area contributed by atoms with Crippen molar-refractivity contribution in [1.29, 1.82) is 0 Å². The van der Waals surface area contributed by atoms with Crippen molar-refractivity contribution in [3.8, 4) is 0 Å². The lowest BCUT2D eigenvalue weighted by atomic mass is 9.45. The second-order valence-electron chi connectivity index (χ2n) is 20.0. The van der Waals surface area contributed by atoms with E-state index >= 15 is 0 Å². The van der Waals surface area contributed by atoms with E-state index in [1.165, 1.54) is 257 Å². The summed E-state index contributed by atoms with van der Waals surface area (Å²) in [6.07, 6.45) is 56.4. The van der Waals surface area contributed by atoms with Crippen LogP contribution >= 0.6 is 0 Å². The van der Waals surface area contributed by atoms with Gasteiger partial charge in [0.1, 0.15) is 0 Å². The SMILES string of the molecule is CCCCC/C1=C(\CCCCC)C(CCCCC)(CCCCC)C(CCCCC)(CCCCC)/C(CCCCC)=C(\CCCCC)C(CCCCC)C1CCCCC. The van der Waals surface area contributed by atoms with Crippen LogP contribution in [0.3, 0.4) is 0 Å². The number of rotatable bonds is 40. The minimum absolute atomic E-state index is 0.322. The molecule has 0 N–H and O–H groups in total. The first-order valence-corrected chi connectivity index (χ1v) is 27.9. The summed E-state index contributed by atoms with van der Waals surface area (Å²) in [5.74, 6) is 1.55. The van der Waals surface area contributed by atoms with Crippen LogP contribution in [0.5, 0.6) is 0 Å². The molecule has 2 atom stereocenters. The monoisotopic (exact) mass is 809 g/mol. The molecule has 0 saturated carbocycles. The molecule has 0 amide bonds. The lowest BCUT2D eigenvalue weighted by Gasteiger charge is -2.59. The third-order valence-corrected chi connectivity index (χ3v) is 15.5. The summed E-state index contributed by atoms with van der Waals surface area (Å²) < 4.78 is 0. The van der Waals surface area contributed by atoms with Gasteiger partial charge < -0.3 is 0 Å². The van der Waals surface area contributed by atoms with Gasteiger partial charge in [0, 0.05) is 10.8 Å². The van der Waals surface area contributed by atoms with Crippen molar-refractivity contribution in [1.82, 2.24) is 0 Å². The summed E-state index contributed by atoms with van der Waals surface area (Å²) in [6.45, 7) is 24.7. The normalized spacial score (nSPS) is 20.8. The van der Waals surface area contributed by atoms with Gasteiger partial charge in [-0.25, -0.2) is 0 Å². The highest BCUT2D eigenvalue weighted by atomic mass is 14.6. The van der Waals surface area contributed by atoms with E-state index in [2.05, 4.69) is 91.5 Å². The third-order valence-electron chi connectivity index (χ3n) is 15.5. The molecule has 0 aromatic heterocycles. The Morgan fingerprint density at radius 1 is 0.259 bits per heavy atom. The Hall–Kier alpha value is -0.520. The van der Waals surface area contributed by atoms with E-state index < -0.39 is 0 Å². The quantitative estimate of drug-likeness (QED) is 0.0427. The van der Waals surface area contributed by atoms with Crippen molar-refractivity contribution in [2.45, 2.75) is 326 Å². The maximum absolute atomic E-state index is 2.48. The van der Waals surface area contributed by atoms with Gasteiger partial charge in [0.25, 0.3) is 0 Å². The van der Waals surface area contributed by atoms with Crippen LogP contribution in [0.4, 0.5) is 0 Å². The Morgan fingerprint density at radius 3 is 0.741 bits per heavy atom. The van der Waals surface area contributed by atoms with Crippen LogP contribution < -0.4 is 0 Å². The summed E-state index contributed by atoms with van der Waals surface area (Å²) in [7, 11) is 0. The average molecular weight is 810 g/mol. The molecular formula is C58H112. The molecule has 0 heteroatoms. The zero-order chi connectivity index (χ0) is 42.7. The van der Waals surface area contributed by atoms with Gasteiger partial charge in [-0.2, -0.15) is 0 Å². The van der Waals surface area contributed by atoms with Gasteiger partial charge in [0.05, 0.1) is 0 Å². The van der Waals surface area contributed by atoms with Crippen LogP contribution in [0, 0.1) is 22.7 Å². The van der Waals surface area contributed by atoms with Gasteiger partial charge in [0.2, 0.25) is 0 Å². The zero-order valence-corrected chi connectivity index (χ0v) is 42.4. The molecule has 58 heavy (non-hydrogen) atoms. The molecule has 0 aliphatic heterocycles. The van der Waals surface area contributed by atoms with Crippen molar-refractivity contribution < 1.29 is 0 Å². The van der Waals surface area contributed by atoms with Crippen LogP contribution in [-0.4, -0.2) is 0 Å². The molecule has 1 aliphatic carbocycles. The molecule has 0 radical (unpaired) electrons. The first kappa shape index (κ1) is 55.5. The van der Waals surface area contributed by atoms with Gasteiger partial charge in [-0.05, 0) is 102 Å². The molecule has 0 bridgehead atoms. The van der Waals surface area contributed by atoms with Gasteiger partial charge in [0.15, 0.2) is 0 Å². The van der Waals surface area contributed by atoms with E-state index in [-0.39, 0.29) is 0 Å². The fourth-order valence-electron chi connectivity index (χ4n) is 12.3. The lowest BCUT2D eigenvalue weighted by molar-refractivity contribution is 0.0396. The standard InChI is InChI=1S/C58H112/c1-11-21-31-41-51-52(42-32-22-12-2)54(44-34-24-14-4)56(46-36-26-16-6)58(49-39-29-19-9,50-40-30-20-10)57(47-37-27-17-7,48-38-28-18-8)55(45-35-25-15-5)53(51)43-33-23-13-3/h51-52H,11-50H2,1-10H3/b55-53-,56-54+. The molecule has 0 heterocycles. The first-order chi connectivity index (χ1) is 28.4. The number of hydrogen-bond acceptors (Lipinski definition) is 0. The van der Waals surface area contributed by atoms with Crippen LogP contribution in [0.15, 0.2) is 22.3 Å². The molecule has 1 rings (SSSR count). The third kappa shape index (κ3) is 18.4. The summed E-state index contributed by atoms with van der Waals surface area (Å²) in [6, 6.07) is 0. The molecule has 344 valence electrons. The molecule has 1 aliphatic rings. The fourth-order valence-corrected chi connectivity index (χ4v) is 12.3. The molecule has 0 fully saturated rings. The van der Waals surface area contributed by atoms with Gasteiger partial charge in [-0.3, -0.25) is 0 Å². The topological polar surface area (TPSA) is 0 Å². The fraction of sp³-hybridized carbons (Fsp3) is 0.931. The summed E-state index contributed by atoms with van der Waals surface area (Å²) in [5, 5.41) is 0. The van der Waals surface area contributed by atoms with Crippen LogP contribution in [-0.2, 0) is 0 Å². The van der Waals surface area contributed by atoms with E-state index in [4.69, 9.17) is 0 Å². The van der Waals surface area contributed by atoms with Crippen LogP contribution in [0.1, 0.15) is 326 Å². The van der Waals surface area contributed by atoms with Crippen molar-refractivity contribution >= 4 is 0 Å². The van der Waals surface area contributed by atoms with Crippen molar-refractivity contribution in [2.75, 3.05) is 0 Å². The molecule has 0 nitrogen and oxygen atoms in total. The smallest absolute Gasteiger partial charge is 0.000834 e. The van der Waals surface area contributed by atoms with E-state index in [9.17, 15) is 0 Å². The van der Waals surface area contributed by atoms with E-state index in [1.807, 2.05) is 0 Å². The number of hydrogen-bond donors (Lipinski definition) is 0. The maximum atomic E-state index is 2.48. The van der Waals surface area contributed by atoms with E-state index in [0.717, 1.165) is 11.8 Å². The van der Waals surface area contributed by atoms with Crippen molar-refractivity contribution in [2.24, 2.45) is 22.7 Å². The Bertz CT molecular complexity index is 892. The van der Waals surface area contributed by atoms with Gasteiger partial charge in [-0.1, -0.05) is 258 Å². The highest BCUT2D eigenvalue weighted by Gasteiger charge is 2.56. The van der Waals surface area contributed by atoms with E-state index in [0.29, 0.717) is 10.8 Å². The highest BCUT2D eigenvalue weighted by molar-refractivity contribution is 5.41. The first-order valence-electron chi connectivity index (χ1n) is 27.9. The lowest BCUT2D eigenvalue weighted by Crippen LogP contribution is -2.49. The van der Waals surface area contributed by atoms with Crippen molar-refractivity contribution in [3.05, 3.63) is 22.3 Å². The molecule has 0 saturated heterocycles. The summed E-state index contributed by atoms with van der Waals surface area (Å²) >= 11 is 0. The van der Waals surface area contributed by atoms with Crippen molar-refractivity contribution in [3.63, 3.8) is 0 Å². The maximum Gasteiger partial charge on any atom is 0.000834 e. The number of unbranched alkanes of at least 4 members (excludes halogenated alkanes) is 20. The summed E-state index contributed by atoms with van der Waals surface area (Å²) in [4.78, 5) is 0. The second kappa shape index (κ2) is 36.0. The Morgan fingerprint density at radius 2 is 0.483 bits per heavy atom. The molecule has 0 aromatic rings. The Kier molecular flexibility index (Phi) is 34.5. The van der Waals surface area contributed by atoms with E-state index in [1.54, 1.807) is 0 Å². The Balaban J connectivity index is 4.96. The van der Waals surface area contributed by atoms with Gasteiger partial charge >= 0.3 is 0 Å². The number of allylic oxidation sites excluding steroid dienone is 4. The predicted octanol–water partition coefficient (Wildman–Crippen LogP) is 21.6. The average Bonchev–Trinajstić information content (AvgIpc) is 3.22. The predicted molar refractivity (Wildman–Crippen MR) is 267 cm³/mol. The molecule has 0 aromatic carbocycles. The second-order valence-corrected chi connectivity index (χ2v) is 20.0.